The van der Waals surface area contributed by atoms with Crippen LogP contribution >= 0.6 is 11.6 Å². The minimum atomic E-state index is 0.313. The van der Waals surface area contributed by atoms with Crippen molar-refractivity contribution in [1.29, 1.82) is 0 Å². The predicted molar refractivity (Wildman–Crippen MR) is 59.3 cm³/mol. The van der Waals surface area contributed by atoms with Crippen LogP contribution in [0.15, 0.2) is 24.3 Å². The van der Waals surface area contributed by atoms with Gasteiger partial charge in [-0.25, -0.2) is 0 Å². The Balaban J connectivity index is 2.90. The third kappa shape index (κ3) is 2.73. The lowest BCUT2D eigenvalue weighted by atomic mass is 9.78. The van der Waals surface area contributed by atoms with Crippen molar-refractivity contribution in [3.8, 4) is 0 Å². The maximum absolute atomic E-state index is 5.83. The van der Waals surface area contributed by atoms with Gasteiger partial charge < -0.3 is 0 Å². The molecule has 0 aliphatic carbocycles. The van der Waals surface area contributed by atoms with E-state index < -0.39 is 0 Å². The van der Waals surface area contributed by atoms with Crippen LogP contribution in [0.3, 0.4) is 0 Å². The van der Waals surface area contributed by atoms with Gasteiger partial charge in [-0.05, 0) is 29.0 Å². The summed E-state index contributed by atoms with van der Waals surface area (Å²) in [6, 6.07) is 8.13. The fourth-order valence-corrected chi connectivity index (χ4v) is 1.38. The van der Waals surface area contributed by atoms with Gasteiger partial charge in [0.1, 0.15) is 0 Å². The highest BCUT2D eigenvalue weighted by Crippen LogP contribution is 2.34. The smallest absolute Gasteiger partial charge is 0.0406 e. The van der Waals surface area contributed by atoms with Crippen LogP contribution in [0.2, 0.25) is 5.02 Å². The van der Waals surface area contributed by atoms with Gasteiger partial charge in [-0.3, -0.25) is 0 Å². The summed E-state index contributed by atoms with van der Waals surface area (Å²) in [5.74, 6) is 0.560. The Labute approximate surface area is 85.9 Å². The second-order valence-corrected chi connectivity index (χ2v) is 5.08. The van der Waals surface area contributed by atoms with Gasteiger partial charge in [-0.15, -0.1) is 0 Å². The Hall–Kier alpha value is -0.490. The fourth-order valence-electron chi connectivity index (χ4n) is 1.25. The molecule has 0 saturated heterocycles. The SMILES string of the molecule is CC(c1ccc(Cl)cc1)C(C)(C)C. The van der Waals surface area contributed by atoms with Gasteiger partial charge >= 0.3 is 0 Å². The molecule has 0 spiro atoms. The molecule has 1 atom stereocenters. The molecule has 1 rings (SSSR count). The third-order valence-corrected chi connectivity index (χ3v) is 2.92. The first kappa shape index (κ1) is 10.6. The summed E-state index contributed by atoms with van der Waals surface area (Å²) < 4.78 is 0. The highest BCUT2D eigenvalue weighted by Gasteiger charge is 2.21. The van der Waals surface area contributed by atoms with Crippen LogP contribution in [0.5, 0.6) is 0 Å². The normalized spacial score (nSPS) is 14.2. The summed E-state index contributed by atoms with van der Waals surface area (Å²) in [5.41, 5.74) is 1.67. The van der Waals surface area contributed by atoms with Gasteiger partial charge in [0.2, 0.25) is 0 Å². The molecule has 13 heavy (non-hydrogen) atoms. The van der Waals surface area contributed by atoms with Gasteiger partial charge in [-0.2, -0.15) is 0 Å². The lowest BCUT2D eigenvalue weighted by Crippen LogP contribution is -2.14. The highest BCUT2D eigenvalue weighted by atomic mass is 35.5. The molecule has 1 aromatic rings. The van der Waals surface area contributed by atoms with E-state index in [1.165, 1.54) is 5.56 Å². The van der Waals surface area contributed by atoms with Crippen molar-refractivity contribution in [2.24, 2.45) is 5.41 Å². The van der Waals surface area contributed by atoms with Crippen LogP contribution in [0.1, 0.15) is 39.2 Å². The largest absolute Gasteiger partial charge is 0.0843 e. The molecule has 0 aliphatic heterocycles. The molecule has 1 unspecified atom stereocenters. The van der Waals surface area contributed by atoms with Gasteiger partial charge in [0.05, 0.1) is 0 Å². The molecule has 0 saturated carbocycles. The van der Waals surface area contributed by atoms with E-state index in [0.717, 1.165) is 5.02 Å². The molecule has 72 valence electrons. The zero-order valence-corrected chi connectivity index (χ0v) is 9.52. The van der Waals surface area contributed by atoms with E-state index in [1.54, 1.807) is 0 Å². The number of hydrogen-bond donors (Lipinski definition) is 0. The number of rotatable bonds is 1. The fraction of sp³-hybridized carbons (Fsp3) is 0.500. The number of halogens is 1. The third-order valence-electron chi connectivity index (χ3n) is 2.67. The van der Waals surface area contributed by atoms with Crippen LogP contribution in [0.25, 0.3) is 0 Å². The van der Waals surface area contributed by atoms with Crippen molar-refractivity contribution in [2.75, 3.05) is 0 Å². The number of benzene rings is 1. The van der Waals surface area contributed by atoms with E-state index in [0.29, 0.717) is 11.3 Å². The Bertz CT molecular complexity index is 266. The Morgan fingerprint density at radius 1 is 1.08 bits per heavy atom. The lowest BCUT2D eigenvalue weighted by molar-refractivity contribution is 0.339. The first-order valence-corrected chi connectivity index (χ1v) is 5.04. The second kappa shape index (κ2) is 3.71. The van der Waals surface area contributed by atoms with Crippen molar-refractivity contribution < 1.29 is 0 Å². The molecule has 0 nitrogen and oxygen atoms in total. The van der Waals surface area contributed by atoms with E-state index >= 15 is 0 Å². The van der Waals surface area contributed by atoms with Gasteiger partial charge in [0.15, 0.2) is 0 Å². The summed E-state index contributed by atoms with van der Waals surface area (Å²) in [7, 11) is 0. The molecule has 1 aromatic carbocycles. The zero-order chi connectivity index (χ0) is 10.1. The quantitative estimate of drug-likeness (QED) is 0.621. The predicted octanol–water partition coefficient (Wildman–Crippen LogP) is 4.49. The first-order chi connectivity index (χ1) is 5.91. The molecule has 0 aromatic heterocycles. The van der Waals surface area contributed by atoms with E-state index in [2.05, 4.69) is 39.8 Å². The standard InChI is InChI=1S/C12H17Cl/c1-9(12(2,3)4)10-5-7-11(13)8-6-10/h5-9H,1-4H3. The summed E-state index contributed by atoms with van der Waals surface area (Å²) in [6.45, 7) is 9.02. The van der Waals surface area contributed by atoms with Crippen LogP contribution in [0, 0.1) is 5.41 Å². The Morgan fingerprint density at radius 2 is 1.54 bits per heavy atom. The molecule has 0 bridgehead atoms. The van der Waals surface area contributed by atoms with E-state index in [9.17, 15) is 0 Å². The maximum Gasteiger partial charge on any atom is 0.0406 e. The van der Waals surface area contributed by atoms with Gasteiger partial charge in [-0.1, -0.05) is 51.4 Å². The first-order valence-electron chi connectivity index (χ1n) is 4.67. The molecular formula is C12H17Cl. The molecule has 0 aliphatic rings. The summed E-state index contributed by atoms with van der Waals surface area (Å²) in [6.07, 6.45) is 0. The van der Waals surface area contributed by atoms with Crippen molar-refractivity contribution in [2.45, 2.75) is 33.6 Å². The molecule has 0 radical (unpaired) electrons. The van der Waals surface area contributed by atoms with Crippen LogP contribution < -0.4 is 0 Å². The van der Waals surface area contributed by atoms with Crippen LogP contribution in [0.4, 0.5) is 0 Å². The Kier molecular flexibility index (Phi) is 3.02. The van der Waals surface area contributed by atoms with E-state index in [4.69, 9.17) is 11.6 Å². The average molecular weight is 197 g/mol. The van der Waals surface area contributed by atoms with Crippen molar-refractivity contribution in [3.63, 3.8) is 0 Å². The number of hydrogen-bond acceptors (Lipinski definition) is 0. The summed E-state index contributed by atoms with van der Waals surface area (Å²) >= 11 is 5.83. The van der Waals surface area contributed by atoms with Crippen molar-refractivity contribution in [3.05, 3.63) is 34.9 Å². The van der Waals surface area contributed by atoms with Crippen LogP contribution in [-0.4, -0.2) is 0 Å². The maximum atomic E-state index is 5.83. The van der Waals surface area contributed by atoms with Crippen LogP contribution in [-0.2, 0) is 0 Å². The lowest BCUT2D eigenvalue weighted by Gasteiger charge is -2.27. The topological polar surface area (TPSA) is 0 Å². The molecular weight excluding hydrogens is 180 g/mol. The highest BCUT2D eigenvalue weighted by molar-refractivity contribution is 6.30. The molecule has 0 fully saturated rings. The van der Waals surface area contributed by atoms with E-state index in [-0.39, 0.29) is 0 Å². The van der Waals surface area contributed by atoms with Gasteiger partial charge in [0, 0.05) is 5.02 Å². The van der Waals surface area contributed by atoms with E-state index in [1.807, 2.05) is 12.1 Å². The minimum absolute atomic E-state index is 0.313. The molecule has 0 N–H and O–H groups in total. The second-order valence-electron chi connectivity index (χ2n) is 4.64. The molecule has 0 heterocycles. The minimum Gasteiger partial charge on any atom is -0.0843 e. The average Bonchev–Trinajstić information content (AvgIpc) is 2.03. The summed E-state index contributed by atoms with van der Waals surface area (Å²) in [5, 5.41) is 0.810. The molecule has 0 amide bonds. The van der Waals surface area contributed by atoms with Gasteiger partial charge in [0.25, 0.3) is 0 Å². The molecule has 1 heteroatoms. The Morgan fingerprint density at radius 3 is 1.92 bits per heavy atom. The monoisotopic (exact) mass is 196 g/mol. The summed E-state index contributed by atoms with van der Waals surface area (Å²) in [4.78, 5) is 0. The van der Waals surface area contributed by atoms with Crippen molar-refractivity contribution in [1.82, 2.24) is 0 Å². The zero-order valence-electron chi connectivity index (χ0n) is 8.76. The van der Waals surface area contributed by atoms with Crippen molar-refractivity contribution >= 4 is 11.6 Å².